The molecule has 0 heterocycles. The van der Waals surface area contributed by atoms with Gasteiger partial charge in [0.2, 0.25) is 5.91 Å². The lowest BCUT2D eigenvalue weighted by atomic mass is 10.0. The van der Waals surface area contributed by atoms with Crippen molar-refractivity contribution in [3.05, 3.63) is 53.1 Å². The maximum atomic E-state index is 11.9. The van der Waals surface area contributed by atoms with Gasteiger partial charge in [0.25, 0.3) is 0 Å². The zero-order valence-electron chi connectivity index (χ0n) is 14.7. The molecular weight excluding hydrogens is 318 g/mol. The van der Waals surface area contributed by atoms with Crippen LogP contribution in [0.3, 0.4) is 0 Å². The highest BCUT2D eigenvalue weighted by molar-refractivity contribution is 5.75. The maximum absolute atomic E-state index is 11.9. The van der Waals surface area contributed by atoms with E-state index in [1.54, 1.807) is 0 Å². The smallest absolute Gasteiger partial charge is 0.220 e. The summed E-state index contributed by atoms with van der Waals surface area (Å²) in [6.07, 6.45) is 1.66. The molecule has 0 spiro atoms. The van der Waals surface area contributed by atoms with Crippen molar-refractivity contribution in [3.63, 3.8) is 0 Å². The third-order valence-electron chi connectivity index (χ3n) is 4.05. The van der Waals surface area contributed by atoms with Crippen molar-refractivity contribution in [2.45, 2.75) is 33.1 Å². The molecule has 0 aliphatic heterocycles. The van der Waals surface area contributed by atoms with E-state index in [1.807, 2.05) is 38.1 Å². The van der Waals surface area contributed by atoms with E-state index in [-0.39, 0.29) is 17.4 Å². The van der Waals surface area contributed by atoms with E-state index >= 15 is 0 Å². The first-order valence-corrected chi connectivity index (χ1v) is 8.44. The zero-order valence-corrected chi connectivity index (χ0v) is 14.7. The van der Waals surface area contributed by atoms with E-state index in [0.29, 0.717) is 32.4 Å². The van der Waals surface area contributed by atoms with Gasteiger partial charge in [0.1, 0.15) is 5.75 Å². The molecule has 0 saturated heterocycles. The van der Waals surface area contributed by atoms with Gasteiger partial charge >= 0.3 is 0 Å². The molecule has 5 heteroatoms. The minimum Gasteiger partial charge on any atom is -0.504 e. The zero-order chi connectivity index (χ0) is 18.2. The highest BCUT2D eigenvalue weighted by atomic mass is 16.5. The third-order valence-corrected chi connectivity index (χ3v) is 4.05. The van der Waals surface area contributed by atoms with Crippen LogP contribution in [-0.2, 0) is 11.2 Å². The summed E-state index contributed by atoms with van der Waals surface area (Å²) in [7, 11) is 0. The predicted molar refractivity (Wildman–Crippen MR) is 97.1 cm³/mol. The fourth-order valence-electron chi connectivity index (χ4n) is 2.55. The van der Waals surface area contributed by atoms with Gasteiger partial charge in [-0.2, -0.15) is 0 Å². The van der Waals surface area contributed by atoms with E-state index in [0.717, 1.165) is 22.4 Å². The summed E-state index contributed by atoms with van der Waals surface area (Å²) in [5.41, 5.74) is 2.87. The van der Waals surface area contributed by atoms with E-state index < -0.39 is 0 Å². The molecule has 5 nitrogen and oxygen atoms in total. The molecule has 3 N–H and O–H groups in total. The summed E-state index contributed by atoms with van der Waals surface area (Å²) >= 11 is 0. The molecule has 0 unspecified atom stereocenters. The molecule has 2 aromatic carbocycles. The van der Waals surface area contributed by atoms with Crippen molar-refractivity contribution < 1.29 is 19.7 Å². The molecule has 0 fully saturated rings. The van der Waals surface area contributed by atoms with Crippen LogP contribution in [0.5, 0.6) is 17.2 Å². The summed E-state index contributed by atoms with van der Waals surface area (Å²) < 4.78 is 5.67. The number of rotatable bonds is 8. The molecule has 0 bridgehead atoms. The Balaban J connectivity index is 1.66. The minimum atomic E-state index is -0.139. The van der Waals surface area contributed by atoms with E-state index in [9.17, 15) is 15.0 Å². The number of hydrogen-bond donors (Lipinski definition) is 3. The number of carbonyl (C=O) groups excluding carboxylic acids is 1. The SMILES string of the molecule is Cc1cc(O)c(O)cc1CCNC(=O)CCCOc1ccccc1C. The van der Waals surface area contributed by atoms with Crippen LogP contribution in [0.2, 0.25) is 0 Å². The summed E-state index contributed by atoms with van der Waals surface area (Å²) in [6.45, 7) is 4.84. The Morgan fingerprint density at radius 2 is 1.80 bits per heavy atom. The molecule has 0 aliphatic carbocycles. The number of phenolic OH excluding ortho intramolecular Hbond substituents is 2. The summed E-state index contributed by atoms with van der Waals surface area (Å²) in [5, 5.41) is 21.8. The minimum absolute atomic E-state index is 0.0194. The molecule has 0 aliphatic rings. The van der Waals surface area contributed by atoms with Crippen LogP contribution in [0.25, 0.3) is 0 Å². The van der Waals surface area contributed by atoms with Gasteiger partial charge in [-0.25, -0.2) is 0 Å². The van der Waals surface area contributed by atoms with Crippen molar-refractivity contribution >= 4 is 5.91 Å². The fourth-order valence-corrected chi connectivity index (χ4v) is 2.55. The van der Waals surface area contributed by atoms with Gasteiger partial charge in [0.05, 0.1) is 6.61 Å². The van der Waals surface area contributed by atoms with Crippen LogP contribution in [0.15, 0.2) is 36.4 Å². The van der Waals surface area contributed by atoms with Gasteiger partial charge in [-0.05, 0) is 61.6 Å². The molecule has 2 aromatic rings. The number of para-hydroxylation sites is 1. The van der Waals surface area contributed by atoms with Gasteiger partial charge < -0.3 is 20.3 Å². The summed E-state index contributed by atoms with van der Waals surface area (Å²) in [5.74, 6) is 0.568. The van der Waals surface area contributed by atoms with Crippen LogP contribution in [0.1, 0.15) is 29.5 Å². The number of aryl methyl sites for hydroxylation is 2. The quantitative estimate of drug-likeness (QED) is 0.508. The van der Waals surface area contributed by atoms with Crippen molar-refractivity contribution in [1.29, 1.82) is 0 Å². The number of ether oxygens (including phenoxy) is 1. The number of phenols is 2. The van der Waals surface area contributed by atoms with E-state index in [4.69, 9.17) is 4.74 Å². The largest absolute Gasteiger partial charge is 0.504 e. The van der Waals surface area contributed by atoms with Crippen LogP contribution in [0, 0.1) is 13.8 Å². The lowest BCUT2D eigenvalue weighted by molar-refractivity contribution is -0.121. The normalized spacial score (nSPS) is 10.5. The Morgan fingerprint density at radius 3 is 2.56 bits per heavy atom. The molecular formula is C20H25NO4. The van der Waals surface area contributed by atoms with Crippen LogP contribution >= 0.6 is 0 Å². The Kier molecular flexibility index (Phi) is 6.69. The van der Waals surface area contributed by atoms with Gasteiger partial charge in [0.15, 0.2) is 11.5 Å². The highest BCUT2D eigenvalue weighted by Crippen LogP contribution is 2.28. The molecule has 1 amide bonds. The predicted octanol–water partition coefficient (Wildman–Crippen LogP) is 3.23. The van der Waals surface area contributed by atoms with Crippen molar-refractivity contribution in [2.24, 2.45) is 0 Å². The molecule has 25 heavy (non-hydrogen) atoms. The molecule has 0 aromatic heterocycles. The molecule has 134 valence electrons. The molecule has 0 atom stereocenters. The van der Waals surface area contributed by atoms with Crippen molar-refractivity contribution in [3.8, 4) is 17.2 Å². The van der Waals surface area contributed by atoms with Crippen LogP contribution < -0.4 is 10.1 Å². The second-order valence-electron chi connectivity index (χ2n) is 6.08. The second kappa shape index (κ2) is 8.97. The van der Waals surface area contributed by atoms with Gasteiger partial charge in [-0.15, -0.1) is 0 Å². The topological polar surface area (TPSA) is 78.8 Å². The van der Waals surface area contributed by atoms with E-state index in [2.05, 4.69) is 5.32 Å². The first kappa shape index (κ1) is 18.6. The van der Waals surface area contributed by atoms with Crippen LogP contribution in [-0.4, -0.2) is 29.3 Å². The lowest BCUT2D eigenvalue weighted by Crippen LogP contribution is -2.26. The first-order valence-electron chi connectivity index (χ1n) is 8.44. The Hall–Kier alpha value is -2.69. The summed E-state index contributed by atoms with van der Waals surface area (Å²) in [4.78, 5) is 11.9. The molecule has 2 rings (SSSR count). The Morgan fingerprint density at radius 1 is 1.08 bits per heavy atom. The van der Waals surface area contributed by atoms with Crippen molar-refractivity contribution in [2.75, 3.05) is 13.2 Å². The van der Waals surface area contributed by atoms with Crippen molar-refractivity contribution in [1.82, 2.24) is 5.32 Å². The van der Waals surface area contributed by atoms with Gasteiger partial charge in [-0.3, -0.25) is 4.79 Å². The highest BCUT2D eigenvalue weighted by Gasteiger charge is 2.07. The molecule has 0 saturated carbocycles. The number of benzene rings is 2. The third kappa shape index (κ3) is 5.71. The average Bonchev–Trinajstić information content (AvgIpc) is 2.57. The van der Waals surface area contributed by atoms with Gasteiger partial charge in [0, 0.05) is 13.0 Å². The first-order chi connectivity index (χ1) is 12.0. The molecule has 0 radical (unpaired) electrons. The van der Waals surface area contributed by atoms with Gasteiger partial charge in [-0.1, -0.05) is 18.2 Å². The Labute approximate surface area is 148 Å². The monoisotopic (exact) mass is 343 g/mol. The number of nitrogens with one attached hydrogen (secondary N) is 1. The average molecular weight is 343 g/mol. The standard InChI is InChI=1S/C20H25NO4/c1-14-6-3-4-7-19(14)25-11-5-8-20(24)21-10-9-16-13-18(23)17(22)12-15(16)2/h3-4,6-7,12-13,22-23H,5,8-11H2,1-2H3,(H,21,24). The number of carbonyl (C=O) groups is 1. The second-order valence-corrected chi connectivity index (χ2v) is 6.08. The number of hydrogen-bond acceptors (Lipinski definition) is 4. The van der Waals surface area contributed by atoms with Crippen LogP contribution in [0.4, 0.5) is 0 Å². The number of aromatic hydroxyl groups is 2. The fraction of sp³-hybridized carbons (Fsp3) is 0.350. The Bertz CT molecular complexity index is 728. The maximum Gasteiger partial charge on any atom is 0.220 e. The van der Waals surface area contributed by atoms with E-state index in [1.165, 1.54) is 12.1 Å². The number of amides is 1. The lowest BCUT2D eigenvalue weighted by Gasteiger charge is -2.10. The summed E-state index contributed by atoms with van der Waals surface area (Å²) in [6, 6.07) is 10.9.